The maximum absolute atomic E-state index is 12.6. The van der Waals surface area contributed by atoms with Gasteiger partial charge in [-0.1, -0.05) is 23.8 Å². The highest BCUT2D eigenvalue weighted by Crippen LogP contribution is 2.31. The number of hydrogen-bond donors (Lipinski definition) is 1. The maximum atomic E-state index is 12.6. The highest BCUT2D eigenvalue weighted by atomic mass is 35.5. The molecular weight excluding hydrogens is 390 g/mol. The topological polar surface area (TPSA) is 105 Å². The number of hydrazine groups is 1. The van der Waals surface area contributed by atoms with Crippen molar-refractivity contribution in [3.63, 3.8) is 0 Å². The fraction of sp³-hybridized carbons (Fsp3) is 0.333. The van der Waals surface area contributed by atoms with Crippen LogP contribution in [-0.4, -0.2) is 52.5 Å². The summed E-state index contributed by atoms with van der Waals surface area (Å²) in [5, 5.41) is 0.648. The summed E-state index contributed by atoms with van der Waals surface area (Å²) < 4.78 is 9.63. The summed E-state index contributed by atoms with van der Waals surface area (Å²) in [4.78, 5) is 49.7. The molecule has 150 valence electrons. The average molecular weight is 410 g/mol. The molecule has 0 radical (unpaired) electrons. The van der Waals surface area contributed by atoms with Gasteiger partial charge in [0.15, 0.2) is 5.78 Å². The lowest BCUT2D eigenvalue weighted by atomic mass is 9.95. The van der Waals surface area contributed by atoms with E-state index in [2.05, 4.69) is 5.43 Å². The van der Waals surface area contributed by atoms with Crippen LogP contribution in [-0.2, 0) is 19.1 Å². The molecule has 2 amide bonds. The number of carbonyl (C=O) groups is 4. The highest BCUT2D eigenvalue weighted by Gasteiger charge is 2.41. The van der Waals surface area contributed by atoms with Gasteiger partial charge in [0.25, 0.3) is 0 Å². The molecule has 1 aliphatic heterocycles. The fourth-order valence-corrected chi connectivity index (χ4v) is 2.64. The Hall–Kier alpha value is -3.07. The van der Waals surface area contributed by atoms with Gasteiger partial charge in [0.05, 0.1) is 11.6 Å². The molecule has 0 saturated heterocycles. The number of ketones is 1. The monoisotopic (exact) mass is 409 g/mol. The van der Waals surface area contributed by atoms with Crippen LogP contribution in [0.25, 0.3) is 0 Å². The number of halogens is 1. The zero-order valence-electron chi connectivity index (χ0n) is 15.4. The highest BCUT2D eigenvalue weighted by molar-refractivity contribution is 6.33. The molecule has 1 N–H and O–H groups in total. The molecule has 2 aliphatic rings. The van der Waals surface area contributed by atoms with Crippen LogP contribution in [0.5, 0.6) is 0 Å². The van der Waals surface area contributed by atoms with Gasteiger partial charge in [-0.25, -0.2) is 24.8 Å². The Kier molecular flexibility index (Phi) is 7.00. The van der Waals surface area contributed by atoms with Crippen LogP contribution >= 0.6 is 11.6 Å². The van der Waals surface area contributed by atoms with Crippen molar-refractivity contribution in [3.8, 4) is 0 Å². The summed E-state index contributed by atoms with van der Waals surface area (Å²) >= 11 is 6.15. The van der Waals surface area contributed by atoms with E-state index in [0.29, 0.717) is 5.01 Å². The number of hydrogen-bond acceptors (Lipinski definition) is 7. The number of nitrogens with one attached hydrogen (secondary N) is 1. The van der Waals surface area contributed by atoms with Crippen LogP contribution in [0.15, 0.2) is 47.8 Å². The second kappa shape index (κ2) is 9.23. The van der Waals surface area contributed by atoms with Crippen LogP contribution in [0.2, 0.25) is 0 Å². The predicted molar refractivity (Wildman–Crippen MR) is 99.6 cm³/mol. The van der Waals surface area contributed by atoms with Gasteiger partial charge in [0.1, 0.15) is 12.1 Å². The van der Waals surface area contributed by atoms with Gasteiger partial charge in [0, 0.05) is 18.5 Å². The van der Waals surface area contributed by atoms with E-state index in [4.69, 9.17) is 21.1 Å². The number of esters is 1. The molecular formula is C18H20ClN3O6. The summed E-state index contributed by atoms with van der Waals surface area (Å²) in [5.41, 5.74) is 0.744. The molecule has 0 saturated carbocycles. The molecule has 0 spiro atoms. The Morgan fingerprint density at radius 1 is 1.32 bits per heavy atom. The van der Waals surface area contributed by atoms with Crippen molar-refractivity contribution in [1.29, 1.82) is 0 Å². The Balaban J connectivity index is 2.17. The first-order valence-corrected chi connectivity index (χ1v) is 8.82. The second-order valence-electron chi connectivity index (χ2n) is 5.96. The van der Waals surface area contributed by atoms with E-state index in [0.717, 1.165) is 12.5 Å². The van der Waals surface area contributed by atoms with Crippen molar-refractivity contribution in [2.75, 3.05) is 13.2 Å². The van der Waals surface area contributed by atoms with Crippen LogP contribution < -0.4 is 5.43 Å². The number of nitrogens with zero attached hydrogens (tertiary/aromatic N) is 2. The molecule has 1 heterocycles. The van der Waals surface area contributed by atoms with Crippen molar-refractivity contribution in [2.24, 2.45) is 0 Å². The van der Waals surface area contributed by atoms with Gasteiger partial charge >= 0.3 is 18.2 Å². The van der Waals surface area contributed by atoms with E-state index in [9.17, 15) is 19.2 Å². The first-order chi connectivity index (χ1) is 13.3. The number of rotatable bonds is 4. The van der Waals surface area contributed by atoms with E-state index in [1.165, 1.54) is 24.0 Å². The molecule has 0 aromatic carbocycles. The molecule has 1 aliphatic carbocycles. The first kappa shape index (κ1) is 21.2. The molecule has 0 bridgehead atoms. The van der Waals surface area contributed by atoms with Crippen molar-refractivity contribution in [2.45, 2.75) is 25.8 Å². The van der Waals surface area contributed by atoms with Crippen LogP contribution in [0.3, 0.4) is 0 Å². The van der Waals surface area contributed by atoms with E-state index in [-0.39, 0.29) is 24.0 Å². The number of ether oxygens (including phenoxy) is 2. The Morgan fingerprint density at radius 2 is 2.00 bits per heavy atom. The molecule has 1 atom stereocenters. The number of amides is 2. The van der Waals surface area contributed by atoms with Gasteiger partial charge < -0.3 is 14.4 Å². The van der Waals surface area contributed by atoms with Gasteiger partial charge in [-0.3, -0.25) is 4.79 Å². The van der Waals surface area contributed by atoms with Crippen molar-refractivity contribution >= 4 is 35.5 Å². The summed E-state index contributed by atoms with van der Waals surface area (Å²) in [6.07, 6.45) is 9.22. The minimum Gasteiger partial charge on any atom is -0.449 e. The lowest BCUT2D eigenvalue weighted by Crippen LogP contribution is -2.59. The van der Waals surface area contributed by atoms with E-state index >= 15 is 0 Å². The van der Waals surface area contributed by atoms with E-state index in [1.54, 1.807) is 19.3 Å². The zero-order chi connectivity index (χ0) is 20.7. The van der Waals surface area contributed by atoms with Crippen LogP contribution in [0.4, 0.5) is 9.59 Å². The molecule has 28 heavy (non-hydrogen) atoms. The molecule has 9 nitrogen and oxygen atoms in total. The second-order valence-corrected chi connectivity index (χ2v) is 6.37. The fourth-order valence-electron chi connectivity index (χ4n) is 2.38. The molecule has 1 unspecified atom stereocenters. The minimum atomic E-state index is -1.45. The maximum Gasteiger partial charge on any atom is 0.437 e. The third-order valence-electron chi connectivity index (χ3n) is 3.83. The molecule has 2 rings (SSSR count). The molecule has 0 fully saturated rings. The SMILES string of the molecule is CCOC(=O)NN(C(=O)OC(=O)CN1C=CCC=C1)C1(C)C=CC(=O)C=C1Cl. The molecule has 10 heteroatoms. The first-order valence-electron chi connectivity index (χ1n) is 8.44. The summed E-state index contributed by atoms with van der Waals surface area (Å²) in [5.74, 6) is -1.23. The quantitative estimate of drug-likeness (QED) is 0.431. The Morgan fingerprint density at radius 3 is 2.61 bits per heavy atom. The predicted octanol–water partition coefficient (Wildman–Crippen LogP) is 2.37. The van der Waals surface area contributed by atoms with Gasteiger partial charge in [-0.15, -0.1) is 0 Å². The molecule has 0 aromatic heterocycles. The van der Waals surface area contributed by atoms with Gasteiger partial charge in [-0.05, 0) is 32.4 Å². The van der Waals surface area contributed by atoms with Crippen molar-refractivity contribution < 1.29 is 28.7 Å². The lowest BCUT2D eigenvalue weighted by molar-refractivity contribution is -0.139. The number of carbonyl (C=O) groups excluding carboxylic acids is 4. The van der Waals surface area contributed by atoms with Gasteiger partial charge in [0.2, 0.25) is 0 Å². The van der Waals surface area contributed by atoms with Crippen molar-refractivity contribution in [1.82, 2.24) is 15.3 Å². The van der Waals surface area contributed by atoms with E-state index < -0.39 is 23.7 Å². The standard InChI is InChI=1S/C18H20ClN3O6/c1-3-27-16(25)20-22(18(2)8-7-13(23)11-14(18)19)17(26)28-15(24)12-21-9-5-4-6-10-21/h5-11H,3-4,12H2,1-2H3,(H,20,25). The normalized spacial score (nSPS) is 20.5. The Labute approximate surface area is 166 Å². The Bertz CT molecular complexity index is 776. The summed E-state index contributed by atoms with van der Waals surface area (Å²) in [6, 6.07) is 0. The van der Waals surface area contributed by atoms with Crippen molar-refractivity contribution in [3.05, 3.63) is 47.8 Å². The van der Waals surface area contributed by atoms with Gasteiger partial charge in [-0.2, -0.15) is 0 Å². The van der Waals surface area contributed by atoms with Crippen LogP contribution in [0, 0.1) is 0 Å². The van der Waals surface area contributed by atoms with E-state index in [1.807, 2.05) is 12.2 Å². The summed E-state index contributed by atoms with van der Waals surface area (Å²) in [7, 11) is 0. The summed E-state index contributed by atoms with van der Waals surface area (Å²) in [6.45, 7) is 2.89. The lowest BCUT2D eigenvalue weighted by Gasteiger charge is -2.38. The third-order valence-corrected chi connectivity index (χ3v) is 4.32. The zero-order valence-corrected chi connectivity index (χ0v) is 16.1. The minimum absolute atomic E-state index is 0.0515. The smallest absolute Gasteiger partial charge is 0.437 e. The van der Waals surface area contributed by atoms with Crippen LogP contribution in [0.1, 0.15) is 20.3 Å². The average Bonchev–Trinajstić information content (AvgIpc) is 2.64. The molecule has 0 aromatic rings. The third kappa shape index (κ3) is 5.23. The largest absolute Gasteiger partial charge is 0.449 e. The number of allylic oxidation sites excluding steroid dienone is 4.